The number of ether oxygens (including phenoxy) is 1. The number of benzene rings is 1. The Balaban J connectivity index is 2.15. The van der Waals surface area contributed by atoms with Gasteiger partial charge in [-0.25, -0.2) is 9.59 Å². The summed E-state index contributed by atoms with van der Waals surface area (Å²) in [7, 11) is 0. The zero-order chi connectivity index (χ0) is 17.5. The minimum Gasteiger partial charge on any atom is -0.465 e. The fourth-order valence-electron chi connectivity index (χ4n) is 3.00. The van der Waals surface area contributed by atoms with Gasteiger partial charge >= 0.3 is 12.1 Å². The van der Waals surface area contributed by atoms with Crippen molar-refractivity contribution in [3.63, 3.8) is 0 Å². The minimum absolute atomic E-state index is 0.295. The third-order valence-electron chi connectivity index (χ3n) is 4.21. The van der Waals surface area contributed by atoms with Crippen LogP contribution < -0.4 is 5.73 Å². The molecule has 0 spiro atoms. The number of carbonyl (C=O) groups is 2. The van der Waals surface area contributed by atoms with E-state index in [4.69, 9.17) is 10.5 Å². The van der Waals surface area contributed by atoms with Crippen LogP contribution in [-0.4, -0.2) is 58.9 Å². The number of hydrogen-bond acceptors (Lipinski definition) is 3. The van der Waals surface area contributed by atoms with E-state index in [9.17, 15) is 14.7 Å². The van der Waals surface area contributed by atoms with Crippen molar-refractivity contribution in [2.75, 3.05) is 19.7 Å². The summed E-state index contributed by atoms with van der Waals surface area (Å²) in [5.74, 6) is 0. The number of hydrogen-bond donors (Lipinski definition) is 2. The second-order valence-corrected chi connectivity index (χ2v) is 5.95. The standard InChI is InChI=1S/C17H25N3O4/c1-2-10-24-15-12-19(16(18)21)9-8-14(15)20(17(22)23)11-13-6-4-3-5-7-13/h3-7,14-15H,2,8-12H2,1H3,(H2,18,21)(H,22,23)/t14-,15+/m0/s1. The van der Waals surface area contributed by atoms with Crippen LogP contribution in [0.25, 0.3) is 0 Å². The molecule has 3 N–H and O–H groups in total. The van der Waals surface area contributed by atoms with Crippen LogP contribution in [0.3, 0.4) is 0 Å². The van der Waals surface area contributed by atoms with Crippen LogP contribution >= 0.6 is 0 Å². The van der Waals surface area contributed by atoms with Crippen molar-refractivity contribution >= 4 is 12.1 Å². The highest BCUT2D eigenvalue weighted by atomic mass is 16.5. The van der Waals surface area contributed by atoms with Gasteiger partial charge in [0.1, 0.15) is 0 Å². The van der Waals surface area contributed by atoms with Gasteiger partial charge in [-0.3, -0.25) is 4.90 Å². The SMILES string of the molecule is CCCO[C@@H]1CN(C(N)=O)CC[C@@H]1N(Cc1ccccc1)C(=O)O. The summed E-state index contributed by atoms with van der Waals surface area (Å²) >= 11 is 0. The highest BCUT2D eigenvalue weighted by molar-refractivity contribution is 5.72. The number of likely N-dealkylation sites (tertiary alicyclic amines) is 1. The Hall–Kier alpha value is -2.28. The first kappa shape index (κ1) is 18.1. The Morgan fingerprint density at radius 2 is 2.08 bits per heavy atom. The predicted molar refractivity (Wildman–Crippen MR) is 89.6 cm³/mol. The number of nitrogens with two attached hydrogens (primary N) is 1. The molecule has 1 saturated heterocycles. The topological polar surface area (TPSA) is 96.1 Å². The van der Waals surface area contributed by atoms with Crippen LogP contribution in [0.4, 0.5) is 9.59 Å². The lowest BCUT2D eigenvalue weighted by molar-refractivity contribution is -0.0457. The number of carbonyl (C=O) groups excluding carboxylic acids is 1. The van der Waals surface area contributed by atoms with Gasteiger partial charge in [0.2, 0.25) is 0 Å². The maximum absolute atomic E-state index is 11.8. The normalized spacial score (nSPS) is 20.6. The molecule has 0 bridgehead atoms. The molecule has 7 heteroatoms. The number of urea groups is 1. The second-order valence-electron chi connectivity index (χ2n) is 5.95. The van der Waals surface area contributed by atoms with Crippen molar-refractivity contribution in [1.29, 1.82) is 0 Å². The number of amides is 3. The molecule has 2 rings (SSSR count). The zero-order valence-electron chi connectivity index (χ0n) is 13.9. The molecule has 3 amide bonds. The van der Waals surface area contributed by atoms with Gasteiger partial charge in [-0.1, -0.05) is 37.3 Å². The lowest BCUT2D eigenvalue weighted by Gasteiger charge is -2.42. The molecular formula is C17H25N3O4. The lowest BCUT2D eigenvalue weighted by Crippen LogP contribution is -2.58. The van der Waals surface area contributed by atoms with Gasteiger partial charge in [-0.15, -0.1) is 0 Å². The van der Waals surface area contributed by atoms with E-state index in [0.717, 1.165) is 12.0 Å². The molecule has 0 aliphatic carbocycles. The molecule has 1 aromatic carbocycles. The van der Waals surface area contributed by atoms with Crippen LogP contribution in [0.15, 0.2) is 30.3 Å². The summed E-state index contributed by atoms with van der Waals surface area (Å²) in [6, 6.07) is 8.67. The second kappa shape index (κ2) is 8.54. The van der Waals surface area contributed by atoms with Gasteiger partial charge < -0.3 is 20.5 Å². The molecule has 7 nitrogen and oxygen atoms in total. The van der Waals surface area contributed by atoms with Crippen LogP contribution in [0.2, 0.25) is 0 Å². The summed E-state index contributed by atoms with van der Waals surface area (Å²) in [4.78, 5) is 26.2. The van der Waals surface area contributed by atoms with Crippen LogP contribution in [0.1, 0.15) is 25.3 Å². The molecule has 2 atom stereocenters. The zero-order valence-corrected chi connectivity index (χ0v) is 13.9. The summed E-state index contributed by atoms with van der Waals surface area (Å²) in [5, 5.41) is 9.67. The van der Waals surface area contributed by atoms with E-state index in [-0.39, 0.29) is 12.1 Å². The molecular weight excluding hydrogens is 310 g/mol. The maximum Gasteiger partial charge on any atom is 0.407 e. The first-order chi connectivity index (χ1) is 11.5. The number of rotatable bonds is 6. The molecule has 1 heterocycles. The van der Waals surface area contributed by atoms with Gasteiger partial charge in [0, 0.05) is 19.7 Å². The Labute approximate surface area is 142 Å². The molecule has 1 aliphatic rings. The van der Waals surface area contributed by atoms with Gasteiger partial charge in [-0.2, -0.15) is 0 Å². The lowest BCUT2D eigenvalue weighted by atomic mass is 9.99. The van der Waals surface area contributed by atoms with Gasteiger partial charge in [-0.05, 0) is 18.4 Å². The molecule has 132 valence electrons. The van der Waals surface area contributed by atoms with E-state index in [2.05, 4.69) is 0 Å². The van der Waals surface area contributed by atoms with E-state index in [1.165, 1.54) is 9.80 Å². The smallest absolute Gasteiger partial charge is 0.407 e. The highest BCUT2D eigenvalue weighted by Crippen LogP contribution is 2.22. The average Bonchev–Trinajstić information content (AvgIpc) is 2.58. The summed E-state index contributed by atoms with van der Waals surface area (Å²) in [6.45, 7) is 3.56. The molecule has 1 aromatic rings. The van der Waals surface area contributed by atoms with Crippen LogP contribution in [-0.2, 0) is 11.3 Å². The number of nitrogens with zero attached hydrogens (tertiary/aromatic N) is 2. The fraction of sp³-hybridized carbons (Fsp3) is 0.529. The van der Waals surface area contributed by atoms with E-state index in [1.54, 1.807) is 0 Å². The summed E-state index contributed by atoms with van der Waals surface area (Å²) in [6.07, 6.45) is -0.0189. The fourth-order valence-corrected chi connectivity index (χ4v) is 3.00. The van der Waals surface area contributed by atoms with Crippen molar-refractivity contribution in [3.8, 4) is 0 Å². The number of piperidine rings is 1. The predicted octanol–water partition coefficient (Wildman–Crippen LogP) is 2.11. The molecule has 0 saturated carbocycles. The number of primary amides is 1. The van der Waals surface area contributed by atoms with Crippen LogP contribution in [0, 0.1) is 0 Å². The summed E-state index contributed by atoms with van der Waals surface area (Å²) in [5.41, 5.74) is 6.29. The largest absolute Gasteiger partial charge is 0.465 e. The minimum atomic E-state index is -0.985. The van der Waals surface area contributed by atoms with Gasteiger partial charge in [0.15, 0.2) is 0 Å². The monoisotopic (exact) mass is 335 g/mol. The third kappa shape index (κ3) is 4.61. The average molecular weight is 335 g/mol. The molecule has 24 heavy (non-hydrogen) atoms. The van der Waals surface area contributed by atoms with Crippen molar-refractivity contribution in [2.45, 2.75) is 38.5 Å². The van der Waals surface area contributed by atoms with Crippen molar-refractivity contribution in [3.05, 3.63) is 35.9 Å². The maximum atomic E-state index is 11.8. The molecule has 0 unspecified atom stereocenters. The first-order valence-electron chi connectivity index (χ1n) is 8.22. The Kier molecular flexibility index (Phi) is 6.43. The van der Waals surface area contributed by atoms with E-state index in [0.29, 0.717) is 32.7 Å². The molecule has 0 radical (unpaired) electrons. The Morgan fingerprint density at radius 3 is 2.67 bits per heavy atom. The molecule has 1 fully saturated rings. The van der Waals surface area contributed by atoms with Crippen LogP contribution in [0.5, 0.6) is 0 Å². The summed E-state index contributed by atoms with van der Waals surface area (Å²) < 4.78 is 5.84. The highest BCUT2D eigenvalue weighted by Gasteiger charge is 2.37. The molecule has 1 aliphatic heterocycles. The molecule has 0 aromatic heterocycles. The van der Waals surface area contributed by atoms with E-state index < -0.39 is 12.1 Å². The van der Waals surface area contributed by atoms with Crippen molar-refractivity contribution in [2.24, 2.45) is 5.73 Å². The Morgan fingerprint density at radius 1 is 1.38 bits per heavy atom. The van der Waals surface area contributed by atoms with Gasteiger partial charge in [0.05, 0.1) is 18.7 Å². The quantitative estimate of drug-likeness (QED) is 0.832. The number of carboxylic acid groups (broad SMARTS) is 1. The van der Waals surface area contributed by atoms with Gasteiger partial charge in [0.25, 0.3) is 0 Å². The van der Waals surface area contributed by atoms with Crippen molar-refractivity contribution < 1.29 is 19.4 Å². The van der Waals surface area contributed by atoms with E-state index >= 15 is 0 Å². The third-order valence-corrected chi connectivity index (χ3v) is 4.21. The Bertz CT molecular complexity index is 552. The first-order valence-corrected chi connectivity index (χ1v) is 8.22. The van der Waals surface area contributed by atoms with Crippen molar-refractivity contribution in [1.82, 2.24) is 9.80 Å². The van der Waals surface area contributed by atoms with E-state index in [1.807, 2.05) is 37.3 Å².